The van der Waals surface area contributed by atoms with Crippen LogP contribution in [-0.4, -0.2) is 40.9 Å². The molecule has 0 amide bonds. The number of pyridine rings is 1. The van der Waals surface area contributed by atoms with Crippen LogP contribution in [0.2, 0.25) is 0 Å². The number of ether oxygens (including phenoxy) is 2. The Balaban J connectivity index is 2.16. The molecule has 8 heteroatoms. The minimum Gasteiger partial charge on any atom is -0.465 e. The summed E-state index contributed by atoms with van der Waals surface area (Å²) in [6.45, 7) is 0. The summed E-state index contributed by atoms with van der Waals surface area (Å²) in [7, 11) is 2.41. The number of benzene rings is 2. The number of hydrogen-bond donors (Lipinski definition) is 1. The first-order valence-electron chi connectivity index (χ1n) is 9.06. The Bertz CT molecular complexity index is 1250. The number of hydrogen-bond acceptors (Lipinski definition) is 7. The number of fused-ring (bicyclic) bond motifs is 1. The number of aromatic nitrogens is 3. The van der Waals surface area contributed by atoms with Crippen molar-refractivity contribution in [2.24, 2.45) is 0 Å². The third-order valence-corrected chi connectivity index (χ3v) is 4.67. The topological polar surface area (TPSA) is 109 Å². The summed E-state index contributed by atoms with van der Waals surface area (Å²) < 4.78 is 11.2. The number of carbonyl (C=O) groups excluding carboxylic acids is 2. The van der Waals surface area contributed by atoms with Crippen molar-refractivity contribution in [3.63, 3.8) is 0 Å². The maximum absolute atomic E-state index is 12.5. The molecule has 0 unspecified atom stereocenters. The minimum atomic E-state index is -0.800. The molecule has 4 rings (SSSR count). The number of methoxy groups -OCH3 is 2. The summed E-state index contributed by atoms with van der Waals surface area (Å²) in [5, 5.41) is 5.16. The molecule has 0 aliphatic carbocycles. The Morgan fingerprint density at radius 1 is 0.900 bits per heavy atom. The van der Waals surface area contributed by atoms with Gasteiger partial charge >= 0.3 is 11.9 Å². The quantitative estimate of drug-likeness (QED) is 0.522. The number of rotatable bonds is 4. The standard InChI is InChI=1S/C22H18N4O4/c1-29-21(27)16-17(23)15-18(13-9-5-3-6-10-13)25-26(14-11-7-4-8-12-14)20(15)24-19(16)22(28)30-2/h3-12H,1-2H3,(H2,23,24). The highest BCUT2D eigenvalue weighted by Crippen LogP contribution is 2.36. The normalized spacial score (nSPS) is 10.7. The average molecular weight is 402 g/mol. The van der Waals surface area contributed by atoms with Crippen LogP contribution in [0.25, 0.3) is 28.0 Å². The van der Waals surface area contributed by atoms with Crippen molar-refractivity contribution >= 4 is 28.7 Å². The van der Waals surface area contributed by atoms with E-state index in [1.807, 2.05) is 60.7 Å². The minimum absolute atomic E-state index is 0.0493. The number of nitrogens with two attached hydrogens (primary N) is 1. The maximum atomic E-state index is 12.5. The second-order valence-corrected chi connectivity index (χ2v) is 6.39. The van der Waals surface area contributed by atoms with Crippen molar-refractivity contribution in [2.45, 2.75) is 0 Å². The van der Waals surface area contributed by atoms with Gasteiger partial charge in [-0.15, -0.1) is 0 Å². The summed E-state index contributed by atoms with van der Waals surface area (Å²) in [6.07, 6.45) is 0. The molecule has 0 spiro atoms. The largest absolute Gasteiger partial charge is 0.465 e. The smallest absolute Gasteiger partial charge is 0.357 e. The van der Waals surface area contributed by atoms with Gasteiger partial charge in [0.15, 0.2) is 11.3 Å². The maximum Gasteiger partial charge on any atom is 0.357 e. The predicted octanol–water partition coefficient (Wildman–Crippen LogP) is 3.24. The van der Waals surface area contributed by atoms with E-state index >= 15 is 0 Å². The number of nitrogen functional groups attached to an aromatic ring is 1. The van der Waals surface area contributed by atoms with Crippen LogP contribution in [-0.2, 0) is 9.47 Å². The van der Waals surface area contributed by atoms with Crippen LogP contribution in [0.5, 0.6) is 0 Å². The Morgan fingerprint density at radius 3 is 2.10 bits per heavy atom. The average Bonchev–Trinajstić information content (AvgIpc) is 3.19. The van der Waals surface area contributed by atoms with Crippen LogP contribution in [0.4, 0.5) is 5.69 Å². The van der Waals surface area contributed by atoms with E-state index in [0.717, 1.165) is 11.3 Å². The molecule has 0 saturated carbocycles. The molecular formula is C22H18N4O4. The SMILES string of the molecule is COC(=O)c1nc2c(c(-c3ccccc3)nn2-c2ccccc2)c(N)c1C(=O)OC. The third kappa shape index (κ3) is 3.04. The first kappa shape index (κ1) is 19.1. The highest BCUT2D eigenvalue weighted by Gasteiger charge is 2.29. The lowest BCUT2D eigenvalue weighted by Crippen LogP contribution is -2.17. The fourth-order valence-electron chi connectivity index (χ4n) is 3.28. The summed E-state index contributed by atoms with van der Waals surface area (Å²) in [6, 6.07) is 18.7. The fourth-order valence-corrected chi connectivity index (χ4v) is 3.28. The van der Waals surface area contributed by atoms with Crippen molar-refractivity contribution in [3.05, 3.63) is 71.9 Å². The lowest BCUT2D eigenvalue weighted by Gasteiger charge is -2.11. The van der Waals surface area contributed by atoms with Crippen molar-refractivity contribution in [1.82, 2.24) is 14.8 Å². The summed E-state index contributed by atoms with van der Waals surface area (Å²) in [4.78, 5) is 29.3. The van der Waals surface area contributed by atoms with Gasteiger partial charge in [-0.25, -0.2) is 19.3 Å². The second-order valence-electron chi connectivity index (χ2n) is 6.39. The van der Waals surface area contributed by atoms with Gasteiger partial charge in [-0.3, -0.25) is 0 Å². The van der Waals surface area contributed by atoms with E-state index in [2.05, 4.69) is 4.98 Å². The number of esters is 2. The van der Waals surface area contributed by atoms with Crippen molar-refractivity contribution < 1.29 is 19.1 Å². The van der Waals surface area contributed by atoms with Gasteiger partial charge in [-0.1, -0.05) is 48.5 Å². The molecule has 150 valence electrons. The van der Waals surface area contributed by atoms with E-state index in [9.17, 15) is 9.59 Å². The molecule has 0 radical (unpaired) electrons. The number of nitrogens with zero attached hydrogens (tertiary/aromatic N) is 3. The Morgan fingerprint density at radius 2 is 1.50 bits per heavy atom. The highest BCUT2D eigenvalue weighted by atomic mass is 16.5. The van der Waals surface area contributed by atoms with E-state index in [4.69, 9.17) is 20.3 Å². The van der Waals surface area contributed by atoms with Gasteiger partial charge in [0.25, 0.3) is 0 Å². The van der Waals surface area contributed by atoms with Crippen LogP contribution in [0.3, 0.4) is 0 Å². The fraction of sp³-hybridized carbons (Fsp3) is 0.0909. The lowest BCUT2D eigenvalue weighted by atomic mass is 10.0. The first-order chi connectivity index (χ1) is 14.6. The molecule has 0 saturated heterocycles. The Hall–Kier alpha value is -4.20. The summed E-state index contributed by atoms with van der Waals surface area (Å²) in [5.41, 5.74) is 8.44. The molecule has 0 bridgehead atoms. The molecule has 2 N–H and O–H groups in total. The molecule has 0 atom stereocenters. The van der Waals surface area contributed by atoms with Gasteiger partial charge in [0, 0.05) is 5.56 Å². The monoisotopic (exact) mass is 402 g/mol. The first-order valence-corrected chi connectivity index (χ1v) is 9.06. The van der Waals surface area contributed by atoms with Gasteiger partial charge in [0.05, 0.1) is 31.0 Å². The van der Waals surface area contributed by atoms with E-state index in [1.165, 1.54) is 14.2 Å². The van der Waals surface area contributed by atoms with Gasteiger partial charge in [-0.05, 0) is 12.1 Å². The Kier molecular flexibility index (Phi) is 4.89. The zero-order chi connectivity index (χ0) is 21.3. The molecule has 30 heavy (non-hydrogen) atoms. The zero-order valence-corrected chi connectivity index (χ0v) is 16.3. The molecule has 0 aliphatic heterocycles. The molecular weight excluding hydrogens is 384 g/mol. The van der Waals surface area contributed by atoms with Crippen LogP contribution >= 0.6 is 0 Å². The predicted molar refractivity (Wildman–Crippen MR) is 111 cm³/mol. The molecule has 2 heterocycles. The van der Waals surface area contributed by atoms with E-state index < -0.39 is 11.9 Å². The van der Waals surface area contributed by atoms with E-state index in [1.54, 1.807) is 4.68 Å². The van der Waals surface area contributed by atoms with Gasteiger partial charge in [-0.2, -0.15) is 5.10 Å². The van der Waals surface area contributed by atoms with Crippen LogP contribution in [0.15, 0.2) is 60.7 Å². The molecule has 2 aromatic carbocycles. The van der Waals surface area contributed by atoms with Crippen LogP contribution < -0.4 is 5.73 Å². The third-order valence-electron chi connectivity index (χ3n) is 4.67. The Labute approximate surface area is 171 Å². The summed E-state index contributed by atoms with van der Waals surface area (Å²) in [5.74, 6) is -1.58. The van der Waals surface area contributed by atoms with Gasteiger partial charge in [0.2, 0.25) is 0 Å². The van der Waals surface area contributed by atoms with Crippen molar-refractivity contribution in [3.8, 4) is 16.9 Å². The second kappa shape index (κ2) is 7.67. The zero-order valence-electron chi connectivity index (χ0n) is 16.3. The van der Waals surface area contributed by atoms with Crippen LogP contribution in [0.1, 0.15) is 20.8 Å². The van der Waals surface area contributed by atoms with Crippen molar-refractivity contribution in [1.29, 1.82) is 0 Å². The molecule has 4 aromatic rings. The van der Waals surface area contributed by atoms with Crippen molar-refractivity contribution in [2.75, 3.05) is 20.0 Å². The van der Waals surface area contributed by atoms with E-state index in [0.29, 0.717) is 16.7 Å². The highest BCUT2D eigenvalue weighted by molar-refractivity contribution is 6.14. The van der Waals surface area contributed by atoms with E-state index in [-0.39, 0.29) is 16.9 Å². The molecule has 0 aliphatic rings. The van der Waals surface area contributed by atoms with Gasteiger partial charge in [0.1, 0.15) is 11.3 Å². The molecule has 8 nitrogen and oxygen atoms in total. The lowest BCUT2D eigenvalue weighted by molar-refractivity contribution is 0.0551. The number of anilines is 1. The van der Waals surface area contributed by atoms with Gasteiger partial charge < -0.3 is 15.2 Å². The number of para-hydroxylation sites is 1. The molecule has 2 aromatic heterocycles. The van der Waals surface area contributed by atoms with Crippen LogP contribution in [0, 0.1) is 0 Å². The molecule has 0 fully saturated rings. The summed E-state index contributed by atoms with van der Waals surface area (Å²) >= 11 is 0. The number of carbonyl (C=O) groups is 2.